The monoisotopic (exact) mass is 243 g/mol. The average Bonchev–Trinajstić information content (AvgIpc) is 2.38. The summed E-state index contributed by atoms with van der Waals surface area (Å²) in [6.07, 6.45) is 2.32. The summed E-state index contributed by atoms with van der Waals surface area (Å²) in [7, 11) is 0. The molecule has 2 aromatic carbocycles. The van der Waals surface area contributed by atoms with Gasteiger partial charge in [-0.1, -0.05) is 42.5 Å². The molecule has 0 saturated carbocycles. The highest BCUT2D eigenvalue weighted by molar-refractivity contribution is 7.99. The second kappa shape index (κ2) is 6.36. The van der Waals surface area contributed by atoms with E-state index < -0.39 is 0 Å². The first kappa shape index (κ1) is 12.1. The number of hydrogen-bond acceptors (Lipinski definition) is 2. The fourth-order valence-electron chi connectivity index (χ4n) is 1.72. The number of para-hydroxylation sites is 1. The van der Waals surface area contributed by atoms with Crippen LogP contribution < -0.4 is 5.73 Å². The van der Waals surface area contributed by atoms with Gasteiger partial charge in [0.1, 0.15) is 0 Å². The van der Waals surface area contributed by atoms with E-state index in [0.717, 1.165) is 17.9 Å². The van der Waals surface area contributed by atoms with Crippen molar-refractivity contribution in [3.63, 3.8) is 0 Å². The van der Waals surface area contributed by atoms with E-state index in [0.29, 0.717) is 0 Å². The maximum absolute atomic E-state index is 5.89. The third-order valence-electron chi connectivity index (χ3n) is 2.63. The summed E-state index contributed by atoms with van der Waals surface area (Å²) in [6, 6.07) is 18.7. The smallest absolute Gasteiger partial charge is 0.0452 e. The third kappa shape index (κ3) is 3.82. The van der Waals surface area contributed by atoms with E-state index in [9.17, 15) is 0 Å². The lowest BCUT2D eigenvalue weighted by Crippen LogP contribution is -1.90. The van der Waals surface area contributed by atoms with Gasteiger partial charge in [-0.05, 0) is 36.3 Å². The molecular formula is C15H17NS. The highest BCUT2D eigenvalue weighted by Crippen LogP contribution is 2.25. The largest absolute Gasteiger partial charge is 0.398 e. The van der Waals surface area contributed by atoms with Gasteiger partial charge in [0.15, 0.2) is 0 Å². The Balaban J connectivity index is 1.76. The van der Waals surface area contributed by atoms with Crippen molar-refractivity contribution in [1.82, 2.24) is 0 Å². The molecule has 1 nitrogen and oxygen atoms in total. The quantitative estimate of drug-likeness (QED) is 0.488. The first-order valence-electron chi connectivity index (χ1n) is 5.87. The van der Waals surface area contributed by atoms with E-state index in [4.69, 9.17) is 5.73 Å². The van der Waals surface area contributed by atoms with Crippen LogP contribution in [0.2, 0.25) is 0 Å². The summed E-state index contributed by atoms with van der Waals surface area (Å²) in [5.74, 6) is 1.11. The van der Waals surface area contributed by atoms with Gasteiger partial charge in [-0.25, -0.2) is 0 Å². The Morgan fingerprint density at radius 3 is 2.35 bits per heavy atom. The van der Waals surface area contributed by atoms with Gasteiger partial charge in [0.2, 0.25) is 0 Å². The van der Waals surface area contributed by atoms with E-state index in [2.05, 4.69) is 36.4 Å². The normalized spacial score (nSPS) is 10.4. The van der Waals surface area contributed by atoms with Crippen LogP contribution in [0.5, 0.6) is 0 Å². The van der Waals surface area contributed by atoms with Gasteiger partial charge in [-0.2, -0.15) is 0 Å². The van der Waals surface area contributed by atoms with Gasteiger partial charge < -0.3 is 5.73 Å². The van der Waals surface area contributed by atoms with Crippen molar-refractivity contribution in [2.24, 2.45) is 0 Å². The predicted octanol–water partition coefficient (Wildman–Crippen LogP) is 3.99. The molecule has 0 spiro atoms. The van der Waals surface area contributed by atoms with Crippen LogP contribution in [0.15, 0.2) is 59.5 Å². The minimum Gasteiger partial charge on any atom is -0.398 e. The summed E-state index contributed by atoms with van der Waals surface area (Å²) in [6.45, 7) is 0. The van der Waals surface area contributed by atoms with Crippen LogP contribution in [0.25, 0.3) is 0 Å². The SMILES string of the molecule is Nc1ccccc1SCCCc1ccccc1. The molecule has 2 aromatic rings. The Bertz CT molecular complexity index is 453. The Morgan fingerprint density at radius 2 is 1.59 bits per heavy atom. The van der Waals surface area contributed by atoms with Gasteiger partial charge in [-0.15, -0.1) is 11.8 Å². The maximum atomic E-state index is 5.89. The van der Waals surface area contributed by atoms with Crippen molar-refractivity contribution in [2.45, 2.75) is 17.7 Å². The number of rotatable bonds is 5. The molecule has 88 valence electrons. The van der Waals surface area contributed by atoms with E-state index >= 15 is 0 Å². The number of thioether (sulfide) groups is 1. The zero-order valence-corrected chi connectivity index (χ0v) is 10.6. The molecule has 0 aromatic heterocycles. The fraction of sp³-hybridized carbons (Fsp3) is 0.200. The molecule has 0 aliphatic heterocycles. The number of aryl methyl sites for hydroxylation is 1. The van der Waals surface area contributed by atoms with Gasteiger partial charge in [0, 0.05) is 10.6 Å². The van der Waals surface area contributed by atoms with Crippen LogP contribution >= 0.6 is 11.8 Å². The number of nitrogen functional groups attached to an aromatic ring is 1. The molecule has 0 radical (unpaired) electrons. The van der Waals surface area contributed by atoms with Gasteiger partial charge in [-0.3, -0.25) is 0 Å². The molecule has 2 N–H and O–H groups in total. The second-order valence-electron chi connectivity index (χ2n) is 3.98. The molecule has 0 heterocycles. The molecule has 0 atom stereocenters. The second-order valence-corrected chi connectivity index (χ2v) is 5.11. The van der Waals surface area contributed by atoms with Crippen molar-refractivity contribution < 1.29 is 0 Å². The Hall–Kier alpha value is -1.41. The van der Waals surface area contributed by atoms with Crippen molar-refractivity contribution in [2.75, 3.05) is 11.5 Å². The molecule has 0 aliphatic carbocycles. The molecule has 0 unspecified atom stereocenters. The predicted molar refractivity (Wildman–Crippen MR) is 76.3 cm³/mol. The summed E-state index contributed by atoms with van der Waals surface area (Å²) in [5, 5.41) is 0. The van der Waals surface area contributed by atoms with Gasteiger partial charge in [0.25, 0.3) is 0 Å². The minimum absolute atomic E-state index is 0.886. The Kier molecular flexibility index (Phi) is 4.51. The summed E-state index contributed by atoms with van der Waals surface area (Å²) in [4.78, 5) is 1.19. The molecule has 0 bridgehead atoms. The summed E-state index contributed by atoms with van der Waals surface area (Å²) >= 11 is 1.84. The molecule has 2 heteroatoms. The molecule has 17 heavy (non-hydrogen) atoms. The van der Waals surface area contributed by atoms with Crippen LogP contribution in [0.3, 0.4) is 0 Å². The molecule has 2 rings (SSSR count). The van der Waals surface area contributed by atoms with Crippen molar-refractivity contribution in [3.05, 3.63) is 60.2 Å². The van der Waals surface area contributed by atoms with E-state index in [1.54, 1.807) is 0 Å². The van der Waals surface area contributed by atoms with Crippen LogP contribution in [0.1, 0.15) is 12.0 Å². The average molecular weight is 243 g/mol. The number of nitrogens with two attached hydrogens (primary N) is 1. The van der Waals surface area contributed by atoms with Crippen LogP contribution in [0, 0.1) is 0 Å². The molecule has 0 aliphatic rings. The topological polar surface area (TPSA) is 26.0 Å². The summed E-state index contributed by atoms with van der Waals surface area (Å²) in [5.41, 5.74) is 8.19. The number of anilines is 1. The van der Waals surface area contributed by atoms with Crippen molar-refractivity contribution >= 4 is 17.4 Å². The van der Waals surface area contributed by atoms with Crippen LogP contribution in [-0.4, -0.2) is 5.75 Å². The number of benzene rings is 2. The van der Waals surface area contributed by atoms with Crippen LogP contribution in [-0.2, 0) is 6.42 Å². The van der Waals surface area contributed by atoms with Gasteiger partial charge in [0.05, 0.1) is 0 Å². The Labute approximate surface area is 107 Å². The van der Waals surface area contributed by atoms with Crippen molar-refractivity contribution in [3.8, 4) is 0 Å². The minimum atomic E-state index is 0.886. The maximum Gasteiger partial charge on any atom is 0.0452 e. The lowest BCUT2D eigenvalue weighted by Gasteiger charge is -2.04. The van der Waals surface area contributed by atoms with E-state index in [1.165, 1.54) is 16.9 Å². The zero-order chi connectivity index (χ0) is 11.9. The highest BCUT2D eigenvalue weighted by Gasteiger charge is 1.98. The molecule has 0 amide bonds. The lowest BCUT2D eigenvalue weighted by molar-refractivity contribution is 0.933. The zero-order valence-electron chi connectivity index (χ0n) is 9.80. The standard InChI is InChI=1S/C15H17NS/c16-14-10-4-5-11-15(14)17-12-6-9-13-7-2-1-3-8-13/h1-5,7-8,10-11H,6,9,12,16H2. The molecule has 0 saturated heterocycles. The highest BCUT2D eigenvalue weighted by atomic mass is 32.2. The van der Waals surface area contributed by atoms with Crippen LogP contribution in [0.4, 0.5) is 5.69 Å². The third-order valence-corrected chi connectivity index (χ3v) is 3.80. The van der Waals surface area contributed by atoms with E-state index in [1.807, 2.05) is 30.0 Å². The fourth-order valence-corrected chi connectivity index (χ4v) is 2.63. The number of hydrogen-bond donors (Lipinski definition) is 1. The summed E-state index contributed by atoms with van der Waals surface area (Å²) < 4.78 is 0. The molecule has 0 fully saturated rings. The lowest BCUT2D eigenvalue weighted by atomic mass is 10.1. The molecular weight excluding hydrogens is 226 g/mol. The first-order chi connectivity index (χ1) is 8.36. The van der Waals surface area contributed by atoms with Crippen molar-refractivity contribution in [1.29, 1.82) is 0 Å². The first-order valence-corrected chi connectivity index (χ1v) is 6.86. The van der Waals surface area contributed by atoms with Gasteiger partial charge >= 0.3 is 0 Å². The van der Waals surface area contributed by atoms with E-state index in [-0.39, 0.29) is 0 Å². The Morgan fingerprint density at radius 1 is 0.882 bits per heavy atom.